The Morgan fingerprint density at radius 1 is 1.30 bits per heavy atom. The molecule has 0 bridgehead atoms. The van der Waals surface area contributed by atoms with Crippen molar-refractivity contribution in [2.24, 2.45) is 13.0 Å². The Kier molecular flexibility index (Phi) is 4.47. The third-order valence-electron chi connectivity index (χ3n) is 5.25. The van der Waals surface area contributed by atoms with Gasteiger partial charge in [0, 0.05) is 30.8 Å². The molecular formula is C17H21ClN8O. The number of hydrogen-bond donors (Lipinski definition) is 2. The minimum atomic E-state index is -0.0263. The molecule has 0 spiro atoms. The van der Waals surface area contributed by atoms with Gasteiger partial charge in [-0.2, -0.15) is 15.1 Å². The molecule has 0 aliphatic heterocycles. The Morgan fingerprint density at radius 2 is 2.04 bits per heavy atom. The number of anilines is 2. The van der Waals surface area contributed by atoms with E-state index in [-0.39, 0.29) is 29.0 Å². The highest BCUT2D eigenvalue weighted by Gasteiger charge is 2.29. The first kappa shape index (κ1) is 17.7. The lowest BCUT2D eigenvalue weighted by molar-refractivity contribution is -0.121. The van der Waals surface area contributed by atoms with Gasteiger partial charge in [0.25, 0.3) is 0 Å². The fraction of sp³-hybridized carbons (Fsp3) is 0.471. The summed E-state index contributed by atoms with van der Waals surface area (Å²) in [7, 11) is 1.86. The average molecular weight is 389 g/mol. The summed E-state index contributed by atoms with van der Waals surface area (Å²) in [5.41, 5.74) is 8.08. The first-order valence-corrected chi connectivity index (χ1v) is 9.27. The van der Waals surface area contributed by atoms with E-state index in [0.717, 1.165) is 31.4 Å². The molecule has 3 aromatic heterocycles. The quantitative estimate of drug-likeness (QED) is 0.665. The number of carbonyl (C=O) groups excluding carboxylic acids is 1. The standard InChI is InChI=1S/C17H21ClN8O/c1-9-7-12(24-25(9)2)21-16(27)10-3-5-11(6-4-10)26-8-20-13-14(19)22-17(18)23-15(13)26/h7-8,10-11H,3-6H2,1-2H3,(H2,19,22,23)(H,21,24,27)/t10-,11+. The number of carbonyl (C=O) groups is 1. The van der Waals surface area contributed by atoms with Crippen LogP contribution in [0.4, 0.5) is 11.6 Å². The normalized spacial score (nSPS) is 20.1. The molecule has 1 amide bonds. The first-order valence-electron chi connectivity index (χ1n) is 8.89. The smallest absolute Gasteiger partial charge is 0.228 e. The molecule has 1 saturated carbocycles. The molecule has 1 fully saturated rings. The van der Waals surface area contributed by atoms with E-state index in [2.05, 4.69) is 25.4 Å². The minimum absolute atomic E-state index is 0.0247. The lowest BCUT2D eigenvalue weighted by Crippen LogP contribution is -2.28. The predicted octanol–water partition coefficient (Wildman–Crippen LogP) is 2.47. The summed E-state index contributed by atoms with van der Waals surface area (Å²) in [6.07, 6.45) is 5.01. The molecule has 9 nitrogen and oxygen atoms in total. The highest BCUT2D eigenvalue weighted by atomic mass is 35.5. The Morgan fingerprint density at radius 3 is 2.70 bits per heavy atom. The lowest BCUT2D eigenvalue weighted by atomic mass is 9.85. The van der Waals surface area contributed by atoms with Crippen LogP contribution >= 0.6 is 11.6 Å². The van der Waals surface area contributed by atoms with Gasteiger partial charge in [0.2, 0.25) is 11.2 Å². The maximum atomic E-state index is 12.5. The van der Waals surface area contributed by atoms with E-state index in [4.69, 9.17) is 17.3 Å². The van der Waals surface area contributed by atoms with Crippen LogP contribution in [0.2, 0.25) is 5.28 Å². The van der Waals surface area contributed by atoms with Crippen LogP contribution < -0.4 is 11.1 Å². The van der Waals surface area contributed by atoms with Crippen LogP contribution in [0.1, 0.15) is 37.4 Å². The summed E-state index contributed by atoms with van der Waals surface area (Å²) >= 11 is 5.94. The number of nitrogen functional groups attached to an aromatic ring is 1. The van der Waals surface area contributed by atoms with Crippen molar-refractivity contribution in [2.45, 2.75) is 38.6 Å². The summed E-state index contributed by atoms with van der Waals surface area (Å²) in [6.45, 7) is 1.95. The van der Waals surface area contributed by atoms with Gasteiger partial charge in [-0.15, -0.1) is 0 Å². The Bertz CT molecular complexity index is 982. The van der Waals surface area contributed by atoms with E-state index in [1.54, 1.807) is 11.0 Å². The molecule has 3 aromatic rings. The number of imidazole rings is 1. The molecule has 1 aliphatic rings. The van der Waals surface area contributed by atoms with E-state index < -0.39 is 0 Å². The molecule has 0 saturated heterocycles. The van der Waals surface area contributed by atoms with E-state index >= 15 is 0 Å². The number of nitrogens with one attached hydrogen (secondary N) is 1. The van der Waals surface area contributed by atoms with Gasteiger partial charge in [-0.3, -0.25) is 9.48 Å². The zero-order valence-electron chi connectivity index (χ0n) is 15.2. The second-order valence-corrected chi connectivity index (χ2v) is 7.33. The Labute approximate surface area is 160 Å². The van der Waals surface area contributed by atoms with Crippen molar-refractivity contribution in [2.75, 3.05) is 11.1 Å². The zero-order chi connectivity index (χ0) is 19.1. The van der Waals surface area contributed by atoms with Gasteiger partial charge in [-0.05, 0) is 44.2 Å². The highest BCUT2D eigenvalue weighted by Crippen LogP contribution is 2.35. The molecule has 0 unspecified atom stereocenters. The van der Waals surface area contributed by atoms with Gasteiger partial charge in [0.1, 0.15) is 5.52 Å². The molecule has 0 atom stereocenters. The summed E-state index contributed by atoms with van der Waals surface area (Å²) < 4.78 is 3.74. The SMILES string of the molecule is Cc1cc(NC(=O)[C@H]2CC[C@@H](n3cnc4c(N)nc(Cl)nc43)CC2)nn1C. The molecule has 4 rings (SSSR count). The van der Waals surface area contributed by atoms with Crippen LogP contribution in [0.5, 0.6) is 0 Å². The Balaban J connectivity index is 1.44. The molecular weight excluding hydrogens is 368 g/mol. The Hall–Kier alpha value is -2.68. The summed E-state index contributed by atoms with van der Waals surface area (Å²) in [5, 5.41) is 7.32. The van der Waals surface area contributed by atoms with Gasteiger partial charge in [-0.25, -0.2) is 4.98 Å². The van der Waals surface area contributed by atoms with Crippen LogP contribution in [-0.2, 0) is 11.8 Å². The highest BCUT2D eigenvalue weighted by molar-refractivity contribution is 6.28. The van der Waals surface area contributed by atoms with Gasteiger partial charge >= 0.3 is 0 Å². The van der Waals surface area contributed by atoms with Crippen LogP contribution in [-0.4, -0.2) is 35.2 Å². The molecule has 0 aromatic carbocycles. The molecule has 27 heavy (non-hydrogen) atoms. The van der Waals surface area contributed by atoms with Crippen molar-refractivity contribution in [3.63, 3.8) is 0 Å². The number of amides is 1. The lowest BCUT2D eigenvalue weighted by Gasteiger charge is -2.28. The number of fused-ring (bicyclic) bond motifs is 1. The molecule has 0 radical (unpaired) electrons. The number of rotatable bonds is 3. The van der Waals surface area contributed by atoms with Crippen LogP contribution in [0.15, 0.2) is 12.4 Å². The fourth-order valence-corrected chi connectivity index (χ4v) is 3.82. The molecule has 3 N–H and O–H groups in total. The molecule has 1 aliphatic carbocycles. The average Bonchev–Trinajstić information content (AvgIpc) is 3.18. The van der Waals surface area contributed by atoms with E-state index in [0.29, 0.717) is 17.0 Å². The number of nitrogens with two attached hydrogens (primary N) is 1. The fourth-order valence-electron chi connectivity index (χ4n) is 3.64. The van der Waals surface area contributed by atoms with Crippen molar-refractivity contribution in [1.29, 1.82) is 0 Å². The summed E-state index contributed by atoms with van der Waals surface area (Å²) in [4.78, 5) is 25.1. The van der Waals surface area contributed by atoms with Gasteiger partial charge in [0.05, 0.1) is 6.33 Å². The number of aromatic nitrogens is 6. The second-order valence-electron chi connectivity index (χ2n) is 6.99. The van der Waals surface area contributed by atoms with Gasteiger partial charge in [0.15, 0.2) is 17.3 Å². The number of nitrogens with zero attached hydrogens (tertiary/aromatic N) is 6. The van der Waals surface area contributed by atoms with E-state index in [1.165, 1.54) is 0 Å². The number of hydrogen-bond acceptors (Lipinski definition) is 6. The minimum Gasteiger partial charge on any atom is -0.382 e. The number of halogens is 1. The van der Waals surface area contributed by atoms with Crippen molar-refractivity contribution in [3.05, 3.63) is 23.4 Å². The van der Waals surface area contributed by atoms with Gasteiger partial charge < -0.3 is 15.6 Å². The maximum absolute atomic E-state index is 12.5. The zero-order valence-corrected chi connectivity index (χ0v) is 15.9. The molecule has 10 heteroatoms. The summed E-state index contributed by atoms with van der Waals surface area (Å²) in [5.74, 6) is 0.880. The van der Waals surface area contributed by atoms with Gasteiger partial charge in [-0.1, -0.05) is 0 Å². The summed E-state index contributed by atoms with van der Waals surface area (Å²) in [6, 6.07) is 2.08. The third kappa shape index (κ3) is 3.34. The van der Waals surface area contributed by atoms with E-state index in [9.17, 15) is 4.79 Å². The monoisotopic (exact) mass is 388 g/mol. The van der Waals surface area contributed by atoms with Crippen molar-refractivity contribution >= 4 is 40.3 Å². The molecule has 142 valence electrons. The topological polar surface area (TPSA) is 117 Å². The van der Waals surface area contributed by atoms with Crippen LogP contribution in [0.3, 0.4) is 0 Å². The first-order chi connectivity index (χ1) is 12.9. The van der Waals surface area contributed by atoms with Crippen LogP contribution in [0, 0.1) is 12.8 Å². The van der Waals surface area contributed by atoms with E-state index in [1.807, 2.05) is 24.6 Å². The van der Waals surface area contributed by atoms with Crippen molar-refractivity contribution in [3.8, 4) is 0 Å². The largest absolute Gasteiger partial charge is 0.382 e. The maximum Gasteiger partial charge on any atom is 0.228 e. The van der Waals surface area contributed by atoms with Crippen molar-refractivity contribution in [1.82, 2.24) is 29.3 Å². The second kappa shape index (κ2) is 6.80. The van der Waals surface area contributed by atoms with Crippen LogP contribution in [0.25, 0.3) is 11.2 Å². The molecule has 3 heterocycles. The number of aryl methyl sites for hydroxylation is 2. The third-order valence-corrected chi connectivity index (χ3v) is 5.42. The van der Waals surface area contributed by atoms with Crippen molar-refractivity contribution < 1.29 is 4.79 Å². The predicted molar refractivity (Wildman–Crippen MR) is 102 cm³/mol.